The number of thioether (sulfide) groups is 1. The largest absolute Gasteiger partial charge is 0.307 e. The summed E-state index contributed by atoms with van der Waals surface area (Å²) in [7, 11) is -2.92. The highest BCUT2D eigenvalue weighted by Crippen LogP contribution is 2.39. The van der Waals surface area contributed by atoms with Crippen molar-refractivity contribution in [1.82, 2.24) is 4.98 Å². The standard InChI is InChI=1S/C10H10N2O2S3/c13-17(14)5-7-8(6-17)16-10(15)12(7)9-3-1-2-4-11-9/h1-4,7-8H,5-6H2/t7-,8-/m1/s1. The van der Waals surface area contributed by atoms with Crippen molar-refractivity contribution in [2.75, 3.05) is 16.4 Å². The Labute approximate surface area is 109 Å². The SMILES string of the molecule is O=S1(=O)C[C@@H]2[C@@H](C1)SC(=S)N2c1ccccn1. The van der Waals surface area contributed by atoms with Gasteiger partial charge in [-0.25, -0.2) is 13.4 Å². The second kappa shape index (κ2) is 3.93. The Morgan fingerprint density at radius 2 is 2.24 bits per heavy atom. The van der Waals surface area contributed by atoms with Gasteiger partial charge in [0.05, 0.1) is 17.5 Å². The molecule has 2 atom stereocenters. The normalized spacial score (nSPS) is 30.6. The van der Waals surface area contributed by atoms with Crippen molar-refractivity contribution in [2.24, 2.45) is 0 Å². The Morgan fingerprint density at radius 1 is 1.41 bits per heavy atom. The zero-order valence-corrected chi connectivity index (χ0v) is 11.3. The summed E-state index contributed by atoms with van der Waals surface area (Å²) in [4.78, 5) is 6.13. The van der Waals surface area contributed by atoms with Crippen molar-refractivity contribution in [3.8, 4) is 0 Å². The van der Waals surface area contributed by atoms with Crippen LogP contribution in [0.25, 0.3) is 0 Å². The van der Waals surface area contributed by atoms with Gasteiger partial charge >= 0.3 is 0 Å². The zero-order valence-electron chi connectivity index (χ0n) is 8.81. The van der Waals surface area contributed by atoms with E-state index in [1.807, 2.05) is 23.1 Å². The first kappa shape index (κ1) is 11.4. The van der Waals surface area contributed by atoms with Gasteiger partial charge in [-0.1, -0.05) is 30.0 Å². The number of rotatable bonds is 1. The monoisotopic (exact) mass is 286 g/mol. The zero-order chi connectivity index (χ0) is 12.0. The molecule has 1 aromatic heterocycles. The molecule has 0 amide bonds. The van der Waals surface area contributed by atoms with Crippen LogP contribution in [-0.2, 0) is 9.84 Å². The molecule has 0 aromatic carbocycles. The summed E-state index contributed by atoms with van der Waals surface area (Å²) in [5.74, 6) is 1.15. The van der Waals surface area contributed by atoms with Crippen LogP contribution in [0, 0.1) is 0 Å². The Bertz CT molecular complexity index is 558. The molecule has 2 fully saturated rings. The first-order chi connectivity index (χ1) is 8.07. The molecule has 17 heavy (non-hydrogen) atoms. The highest BCUT2D eigenvalue weighted by Gasteiger charge is 2.48. The Kier molecular flexibility index (Phi) is 2.64. The van der Waals surface area contributed by atoms with Gasteiger partial charge in [-0.2, -0.15) is 0 Å². The summed E-state index contributed by atoms with van der Waals surface area (Å²) in [6.07, 6.45) is 1.69. The maximum absolute atomic E-state index is 11.6. The molecule has 1 aromatic rings. The lowest BCUT2D eigenvalue weighted by molar-refractivity contribution is 0.601. The summed E-state index contributed by atoms with van der Waals surface area (Å²) in [5, 5.41) is 0.0644. The van der Waals surface area contributed by atoms with Gasteiger partial charge in [0.25, 0.3) is 0 Å². The molecule has 2 aliphatic heterocycles. The van der Waals surface area contributed by atoms with Crippen molar-refractivity contribution in [2.45, 2.75) is 11.3 Å². The van der Waals surface area contributed by atoms with Crippen molar-refractivity contribution < 1.29 is 8.42 Å². The molecule has 0 N–H and O–H groups in total. The van der Waals surface area contributed by atoms with E-state index >= 15 is 0 Å². The van der Waals surface area contributed by atoms with E-state index in [9.17, 15) is 8.42 Å². The van der Waals surface area contributed by atoms with Crippen molar-refractivity contribution in [3.05, 3.63) is 24.4 Å². The van der Waals surface area contributed by atoms with Crippen LogP contribution in [0.3, 0.4) is 0 Å². The molecule has 3 heterocycles. The maximum Gasteiger partial charge on any atom is 0.153 e. The average Bonchev–Trinajstić information content (AvgIpc) is 2.69. The van der Waals surface area contributed by atoms with Crippen LogP contribution in [0.2, 0.25) is 0 Å². The van der Waals surface area contributed by atoms with E-state index < -0.39 is 9.84 Å². The van der Waals surface area contributed by atoms with Crippen LogP contribution >= 0.6 is 24.0 Å². The van der Waals surface area contributed by atoms with Gasteiger partial charge in [0, 0.05) is 11.4 Å². The van der Waals surface area contributed by atoms with Gasteiger partial charge in [0.2, 0.25) is 0 Å². The van der Waals surface area contributed by atoms with Gasteiger partial charge in [0.1, 0.15) is 10.1 Å². The molecule has 7 heteroatoms. The number of nitrogens with zero attached hydrogens (tertiary/aromatic N) is 2. The van der Waals surface area contributed by atoms with Gasteiger partial charge in [-0.05, 0) is 12.1 Å². The Morgan fingerprint density at radius 3 is 2.94 bits per heavy atom. The van der Waals surface area contributed by atoms with E-state index in [0.717, 1.165) is 10.1 Å². The predicted octanol–water partition coefficient (Wildman–Crippen LogP) is 1.09. The molecule has 0 saturated carbocycles. The second-order valence-corrected chi connectivity index (χ2v) is 8.15. The number of sulfone groups is 1. The first-order valence-electron chi connectivity index (χ1n) is 5.18. The summed E-state index contributed by atoms with van der Waals surface area (Å²) in [6.45, 7) is 0. The summed E-state index contributed by atoms with van der Waals surface area (Å²) in [5.41, 5.74) is 0. The molecule has 0 radical (unpaired) electrons. The third-order valence-corrected chi connectivity index (χ3v) is 6.54. The minimum atomic E-state index is -2.92. The molecular weight excluding hydrogens is 276 g/mol. The van der Waals surface area contributed by atoms with Gasteiger partial charge < -0.3 is 4.90 Å². The highest BCUT2D eigenvalue weighted by atomic mass is 32.2. The fraction of sp³-hybridized carbons (Fsp3) is 0.400. The average molecular weight is 286 g/mol. The lowest BCUT2D eigenvalue weighted by Crippen LogP contribution is -2.37. The van der Waals surface area contributed by atoms with Gasteiger partial charge in [-0.3, -0.25) is 0 Å². The van der Waals surface area contributed by atoms with Gasteiger partial charge in [0.15, 0.2) is 9.84 Å². The van der Waals surface area contributed by atoms with Crippen LogP contribution in [0.1, 0.15) is 0 Å². The molecule has 0 spiro atoms. The van der Waals surface area contributed by atoms with Gasteiger partial charge in [-0.15, -0.1) is 0 Å². The number of pyridine rings is 1. The minimum absolute atomic E-state index is 0.0487. The number of thiocarbonyl (C=S) groups is 1. The lowest BCUT2D eigenvalue weighted by Gasteiger charge is -2.22. The summed E-state index contributed by atoms with van der Waals surface area (Å²) in [6, 6.07) is 5.53. The molecular formula is C10H10N2O2S3. The van der Waals surface area contributed by atoms with E-state index in [4.69, 9.17) is 12.2 Å². The van der Waals surface area contributed by atoms with E-state index in [1.165, 1.54) is 11.8 Å². The molecule has 0 bridgehead atoms. The molecule has 90 valence electrons. The van der Waals surface area contributed by atoms with E-state index in [2.05, 4.69) is 4.98 Å². The molecule has 0 unspecified atom stereocenters. The Balaban J connectivity index is 1.98. The van der Waals surface area contributed by atoms with E-state index in [0.29, 0.717) is 0 Å². The maximum atomic E-state index is 11.6. The number of anilines is 1. The fourth-order valence-electron chi connectivity index (χ4n) is 2.23. The Hall–Kier alpha value is -0.660. The molecule has 3 rings (SSSR count). The third-order valence-electron chi connectivity index (χ3n) is 2.95. The lowest BCUT2D eigenvalue weighted by atomic mass is 10.2. The number of hydrogen-bond acceptors (Lipinski definition) is 5. The topological polar surface area (TPSA) is 50.3 Å². The predicted molar refractivity (Wildman–Crippen MR) is 73.1 cm³/mol. The third kappa shape index (κ3) is 1.96. The van der Waals surface area contributed by atoms with Crippen molar-refractivity contribution in [3.63, 3.8) is 0 Å². The van der Waals surface area contributed by atoms with Crippen LogP contribution in [0.15, 0.2) is 24.4 Å². The van der Waals surface area contributed by atoms with Crippen LogP contribution in [-0.4, -0.2) is 40.5 Å². The smallest absolute Gasteiger partial charge is 0.153 e. The van der Waals surface area contributed by atoms with Crippen LogP contribution in [0.4, 0.5) is 5.82 Å². The van der Waals surface area contributed by atoms with E-state index in [1.54, 1.807) is 6.20 Å². The number of fused-ring (bicyclic) bond motifs is 1. The summed E-state index contributed by atoms with van der Waals surface area (Å²) >= 11 is 6.79. The molecule has 2 saturated heterocycles. The first-order valence-corrected chi connectivity index (χ1v) is 8.29. The molecule has 4 nitrogen and oxygen atoms in total. The second-order valence-electron chi connectivity index (χ2n) is 4.12. The van der Waals surface area contributed by atoms with Crippen LogP contribution in [0.5, 0.6) is 0 Å². The quantitative estimate of drug-likeness (QED) is 0.720. The van der Waals surface area contributed by atoms with Crippen molar-refractivity contribution in [1.29, 1.82) is 0 Å². The molecule has 0 aliphatic carbocycles. The van der Waals surface area contributed by atoms with Crippen molar-refractivity contribution >= 4 is 44.0 Å². The number of aromatic nitrogens is 1. The minimum Gasteiger partial charge on any atom is -0.307 e. The molecule has 2 aliphatic rings. The fourth-order valence-corrected chi connectivity index (χ4v) is 6.58. The summed E-state index contributed by atoms with van der Waals surface area (Å²) < 4.78 is 24.0. The van der Waals surface area contributed by atoms with Crippen LogP contribution < -0.4 is 4.90 Å². The highest BCUT2D eigenvalue weighted by molar-refractivity contribution is 8.24. The number of hydrogen-bond donors (Lipinski definition) is 0. The van der Waals surface area contributed by atoms with E-state index in [-0.39, 0.29) is 22.8 Å².